The Balaban J connectivity index is 0.000000188. The second kappa shape index (κ2) is 15.6. The predicted octanol–water partition coefficient (Wildman–Crippen LogP) is 7.01. The van der Waals surface area contributed by atoms with Crippen LogP contribution in [0.3, 0.4) is 0 Å². The molecule has 0 aliphatic carbocycles. The van der Waals surface area contributed by atoms with Gasteiger partial charge in [-0.15, -0.1) is 0 Å². The van der Waals surface area contributed by atoms with Gasteiger partial charge >= 0.3 is 12.4 Å². The Morgan fingerprint density at radius 2 is 1.13 bits per heavy atom. The summed E-state index contributed by atoms with van der Waals surface area (Å²) in [5, 5.41) is 11.3. The van der Waals surface area contributed by atoms with Crippen molar-refractivity contribution in [1.82, 2.24) is 39.5 Å². The molecule has 2 aromatic carbocycles. The Morgan fingerprint density at radius 1 is 0.635 bits per heavy atom. The van der Waals surface area contributed by atoms with Crippen LogP contribution in [0.25, 0.3) is 11.9 Å². The van der Waals surface area contributed by atoms with E-state index in [-0.39, 0.29) is 16.7 Å². The summed E-state index contributed by atoms with van der Waals surface area (Å²) in [4.78, 5) is 16.7. The molecule has 3 N–H and O–H groups in total. The van der Waals surface area contributed by atoms with Gasteiger partial charge in [-0.25, -0.2) is 27.7 Å². The molecule has 0 aliphatic rings. The molecule has 52 heavy (non-hydrogen) atoms. The minimum Gasteiger partial charge on any atom is -0.399 e. The molecular formula is C33H32F6N10O2S. The fourth-order valence-electron chi connectivity index (χ4n) is 4.23. The average Bonchev–Trinajstić information content (AvgIpc) is 3.68. The molecule has 6 rings (SSSR count). The summed E-state index contributed by atoms with van der Waals surface area (Å²) in [6.45, 7) is 7.17. The Bertz CT molecular complexity index is 2270. The minimum absolute atomic E-state index is 0.00755. The highest BCUT2D eigenvalue weighted by Crippen LogP contribution is 2.32. The number of halogens is 6. The Hall–Kier alpha value is -5.85. The maximum absolute atomic E-state index is 12.8. The number of aromatic nitrogens is 8. The van der Waals surface area contributed by atoms with Crippen molar-refractivity contribution in [3.8, 4) is 11.9 Å². The Kier molecular flexibility index (Phi) is 11.7. The van der Waals surface area contributed by atoms with Crippen LogP contribution in [0.4, 0.5) is 43.5 Å². The van der Waals surface area contributed by atoms with Crippen molar-refractivity contribution in [2.75, 3.05) is 17.3 Å². The SMILES string of the molecule is Cc1cc(Nc2cccc(C(F)(F)F)c2)nc(-n2ccc(C)n2)n1.Cc1cc(S(C)(=O)=O)nc(-n2ccc(C)n2)n1.Nc1cccc(C(F)(F)F)c1. The summed E-state index contributed by atoms with van der Waals surface area (Å²) in [6.07, 6.45) is -4.16. The van der Waals surface area contributed by atoms with Gasteiger partial charge in [0.15, 0.2) is 14.9 Å². The lowest BCUT2D eigenvalue weighted by molar-refractivity contribution is -0.138. The zero-order chi connectivity index (χ0) is 38.4. The lowest BCUT2D eigenvalue weighted by atomic mass is 10.2. The van der Waals surface area contributed by atoms with Gasteiger partial charge in [-0.3, -0.25) is 0 Å². The summed E-state index contributed by atoms with van der Waals surface area (Å²) in [7, 11) is -3.34. The molecule has 0 atom stereocenters. The maximum atomic E-state index is 12.8. The first-order chi connectivity index (χ1) is 24.2. The van der Waals surface area contributed by atoms with Crippen LogP contribution in [0.5, 0.6) is 0 Å². The monoisotopic (exact) mass is 746 g/mol. The van der Waals surface area contributed by atoms with Gasteiger partial charge in [0.2, 0.25) is 0 Å². The first-order valence-electron chi connectivity index (χ1n) is 15.0. The average molecular weight is 747 g/mol. The molecule has 0 bridgehead atoms. The van der Waals surface area contributed by atoms with Crippen molar-refractivity contribution in [3.63, 3.8) is 0 Å². The van der Waals surface area contributed by atoms with Crippen LogP contribution in [0.2, 0.25) is 0 Å². The van der Waals surface area contributed by atoms with Crippen LogP contribution in [-0.4, -0.2) is 54.2 Å². The molecule has 0 saturated carbocycles. The summed E-state index contributed by atoms with van der Waals surface area (Å²) in [6, 6.07) is 16.2. The van der Waals surface area contributed by atoms with E-state index in [0.717, 1.165) is 41.9 Å². The van der Waals surface area contributed by atoms with Gasteiger partial charge in [-0.05, 0) is 82.3 Å². The first kappa shape index (κ1) is 38.9. The van der Waals surface area contributed by atoms with E-state index in [1.54, 1.807) is 44.4 Å². The minimum atomic E-state index is -4.39. The van der Waals surface area contributed by atoms with Crippen LogP contribution >= 0.6 is 0 Å². The molecule has 0 amide bonds. The number of rotatable bonds is 5. The predicted molar refractivity (Wildman–Crippen MR) is 181 cm³/mol. The Morgan fingerprint density at radius 3 is 1.60 bits per heavy atom. The van der Waals surface area contributed by atoms with Crippen molar-refractivity contribution in [2.45, 2.75) is 45.1 Å². The fourth-order valence-corrected chi connectivity index (χ4v) is 4.86. The number of benzene rings is 2. The molecule has 19 heteroatoms. The standard InChI is InChI=1S/C16H14F3N5.C10H12N4O2S.C7H6F3N/c1-10-6-7-24(23-10)15-20-11(2)8-14(22-15)21-13-5-3-4-12(9-13)16(17,18)19;1-7-4-5-14(13-7)10-11-8(2)6-9(12-10)17(3,15)16;8-7(9,10)5-2-1-3-6(11)4-5/h3-9H,1-2H3,(H,20,21,22);4-6H,1-3H3;1-4H,11H2. The van der Waals surface area contributed by atoms with Crippen molar-refractivity contribution in [2.24, 2.45) is 0 Å². The molecule has 0 unspecified atom stereocenters. The molecule has 274 valence electrons. The summed E-state index contributed by atoms with van der Waals surface area (Å²) >= 11 is 0. The Labute approximate surface area is 294 Å². The zero-order valence-corrected chi connectivity index (χ0v) is 29.0. The molecule has 6 aromatic rings. The third-order valence-electron chi connectivity index (χ3n) is 6.57. The topological polar surface area (TPSA) is 159 Å². The van der Waals surface area contributed by atoms with Crippen molar-refractivity contribution in [1.29, 1.82) is 0 Å². The first-order valence-corrected chi connectivity index (χ1v) is 16.9. The summed E-state index contributed by atoms with van der Waals surface area (Å²) in [5.41, 5.74) is 7.03. The van der Waals surface area contributed by atoms with Crippen molar-refractivity contribution in [3.05, 3.63) is 119 Å². The number of nitrogen functional groups attached to an aromatic ring is 1. The van der Waals surface area contributed by atoms with Crippen LogP contribution in [0, 0.1) is 27.7 Å². The van der Waals surface area contributed by atoms with Crippen LogP contribution in [0.15, 0.2) is 90.2 Å². The third kappa shape index (κ3) is 11.1. The highest BCUT2D eigenvalue weighted by atomic mass is 32.2. The lowest BCUT2D eigenvalue weighted by Crippen LogP contribution is -2.09. The highest BCUT2D eigenvalue weighted by Gasteiger charge is 2.31. The van der Waals surface area contributed by atoms with Gasteiger partial charge in [0.05, 0.1) is 22.5 Å². The molecule has 0 fully saturated rings. The molecule has 0 saturated heterocycles. The van der Waals surface area contributed by atoms with E-state index in [1.807, 2.05) is 19.9 Å². The number of hydrogen-bond donors (Lipinski definition) is 2. The van der Waals surface area contributed by atoms with E-state index in [0.29, 0.717) is 28.8 Å². The van der Waals surface area contributed by atoms with E-state index >= 15 is 0 Å². The quantitative estimate of drug-likeness (QED) is 0.107. The number of nitrogens with two attached hydrogens (primary N) is 1. The molecule has 0 aliphatic heterocycles. The molecule has 4 aromatic heterocycles. The van der Waals surface area contributed by atoms with Gasteiger partial charge in [0.1, 0.15) is 5.82 Å². The van der Waals surface area contributed by atoms with Crippen molar-refractivity contribution < 1.29 is 34.8 Å². The number of aryl methyl sites for hydroxylation is 4. The largest absolute Gasteiger partial charge is 0.416 e. The number of nitrogens with one attached hydrogen (secondary N) is 1. The zero-order valence-electron chi connectivity index (χ0n) is 28.2. The molecule has 4 heterocycles. The van der Waals surface area contributed by atoms with E-state index in [9.17, 15) is 34.8 Å². The second-order valence-electron chi connectivity index (χ2n) is 11.2. The van der Waals surface area contributed by atoms with Gasteiger partial charge in [-0.2, -0.15) is 46.5 Å². The van der Waals surface area contributed by atoms with Gasteiger partial charge < -0.3 is 11.1 Å². The maximum Gasteiger partial charge on any atom is 0.416 e. The molecule has 0 spiro atoms. The number of nitrogens with zero attached hydrogens (tertiary/aromatic N) is 8. The fraction of sp³-hybridized carbons (Fsp3) is 0.212. The number of anilines is 3. The molecular weight excluding hydrogens is 714 g/mol. The van der Waals surface area contributed by atoms with E-state index < -0.39 is 33.3 Å². The third-order valence-corrected chi connectivity index (χ3v) is 7.54. The number of alkyl halides is 6. The van der Waals surface area contributed by atoms with Crippen molar-refractivity contribution >= 4 is 27.0 Å². The summed E-state index contributed by atoms with van der Waals surface area (Å²) < 4.78 is 100.0. The van der Waals surface area contributed by atoms with Gasteiger partial charge in [0.25, 0.3) is 11.9 Å². The lowest BCUT2D eigenvalue weighted by Gasteiger charge is -2.11. The molecule has 12 nitrogen and oxygen atoms in total. The van der Waals surface area contributed by atoms with Crippen LogP contribution in [0.1, 0.15) is 33.9 Å². The molecule has 0 radical (unpaired) electrons. The second-order valence-corrected chi connectivity index (χ2v) is 13.2. The van der Waals surface area contributed by atoms with Crippen LogP contribution < -0.4 is 11.1 Å². The van der Waals surface area contributed by atoms with E-state index in [4.69, 9.17) is 5.73 Å². The van der Waals surface area contributed by atoms with E-state index in [1.165, 1.54) is 33.6 Å². The number of hydrogen-bond acceptors (Lipinski definition) is 10. The van der Waals surface area contributed by atoms with E-state index in [2.05, 4.69) is 35.5 Å². The van der Waals surface area contributed by atoms with Gasteiger partial charge in [0, 0.05) is 47.5 Å². The smallest absolute Gasteiger partial charge is 0.399 e. The summed E-state index contributed by atoms with van der Waals surface area (Å²) in [5.74, 6) is 1.00. The highest BCUT2D eigenvalue weighted by molar-refractivity contribution is 7.90. The normalized spacial score (nSPS) is 11.6. The number of sulfone groups is 1. The van der Waals surface area contributed by atoms with Crippen LogP contribution in [-0.2, 0) is 22.2 Å². The van der Waals surface area contributed by atoms with Gasteiger partial charge in [-0.1, -0.05) is 12.1 Å².